The molecule has 0 spiro atoms. The normalized spacial score (nSPS) is 19.5. The Morgan fingerprint density at radius 1 is 1.18 bits per heavy atom. The third-order valence-corrected chi connectivity index (χ3v) is 3.86. The van der Waals surface area contributed by atoms with E-state index in [2.05, 4.69) is 43.3 Å². The van der Waals surface area contributed by atoms with Crippen LogP contribution in [0.5, 0.6) is 0 Å². The lowest BCUT2D eigenvalue weighted by atomic mass is 9.82. The molecule has 0 saturated heterocycles. The van der Waals surface area contributed by atoms with Gasteiger partial charge in [0.2, 0.25) is 0 Å². The average Bonchev–Trinajstić information content (AvgIpc) is 2.42. The maximum Gasteiger partial charge on any atom is 0.0323 e. The molecular weight excluding hydrogens is 206 g/mol. The van der Waals surface area contributed by atoms with Crippen molar-refractivity contribution >= 4 is 0 Å². The predicted octanol–water partition coefficient (Wildman–Crippen LogP) is 4.01. The van der Waals surface area contributed by atoms with Crippen LogP contribution < -0.4 is 5.73 Å². The number of hydrogen-bond donors (Lipinski definition) is 1. The largest absolute Gasteiger partial charge is 0.324 e. The topological polar surface area (TPSA) is 26.0 Å². The number of benzene rings is 1. The number of allylic oxidation sites excluding steroid dienone is 1. The molecule has 0 amide bonds. The maximum atomic E-state index is 6.47. The Hall–Kier alpha value is -1.08. The van der Waals surface area contributed by atoms with E-state index in [1.54, 1.807) is 0 Å². The molecule has 0 heterocycles. The summed E-state index contributed by atoms with van der Waals surface area (Å²) >= 11 is 0. The van der Waals surface area contributed by atoms with E-state index in [1.165, 1.54) is 36.8 Å². The Balaban J connectivity index is 2.15. The van der Waals surface area contributed by atoms with Crippen molar-refractivity contribution in [3.8, 4) is 0 Å². The quantitative estimate of drug-likeness (QED) is 0.776. The van der Waals surface area contributed by atoms with Gasteiger partial charge in [0.1, 0.15) is 0 Å². The van der Waals surface area contributed by atoms with E-state index < -0.39 is 0 Å². The molecule has 1 aromatic carbocycles. The lowest BCUT2D eigenvalue weighted by Crippen LogP contribution is -2.31. The van der Waals surface area contributed by atoms with Gasteiger partial charge in [-0.2, -0.15) is 0 Å². The first-order valence-corrected chi connectivity index (χ1v) is 6.82. The van der Waals surface area contributed by atoms with Crippen LogP contribution in [-0.4, -0.2) is 6.04 Å². The molecule has 0 saturated carbocycles. The standard InChI is InChI=1S/C16H23N/c1-2-15(13-9-5-3-6-10-13)16(17)14-11-7-4-8-12-14/h3,5-6,9-11,15-16H,2,4,7-8,12,17H2,1H3. The summed E-state index contributed by atoms with van der Waals surface area (Å²) in [5, 5.41) is 0. The summed E-state index contributed by atoms with van der Waals surface area (Å²) in [5.74, 6) is 0.473. The monoisotopic (exact) mass is 229 g/mol. The first-order chi connectivity index (χ1) is 8.33. The zero-order valence-electron chi connectivity index (χ0n) is 10.7. The molecule has 2 rings (SSSR count). The maximum absolute atomic E-state index is 6.47. The fourth-order valence-corrected chi connectivity index (χ4v) is 2.82. The molecule has 2 atom stereocenters. The zero-order chi connectivity index (χ0) is 12.1. The average molecular weight is 229 g/mol. The lowest BCUT2D eigenvalue weighted by molar-refractivity contribution is 0.534. The van der Waals surface area contributed by atoms with Gasteiger partial charge in [-0.3, -0.25) is 0 Å². The Morgan fingerprint density at radius 3 is 2.53 bits per heavy atom. The number of nitrogens with two attached hydrogens (primary N) is 1. The van der Waals surface area contributed by atoms with E-state index in [1.807, 2.05) is 0 Å². The van der Waals surface area contributed by atoms with Gasteiger partial charge >= 0.3 is 0 Å². The molecule has 1 aliphatic rings. The Kier molecular flexibility index (Phi) is 4.38. The second-order valence-corrected chi connectivity index (χ2v) is 4.98. The van der Waals surface area contributed by atoms with Gasteiger partial charge in [0.15, 0.2) is 0 Å². The lowest BCUT2D eigenvalue weighted by Gasteiger charge is -2.27. The van der Waals surface area contributed by atoms with Gasteiger partial charge in [0, 0.05) is 12.0 Å². The van der Waals surface area contributed by atoms with Crippen molar-refractivity contribution in [1.29, 1.82) is 0 Å². The van der Waals surface area contributed by atoms with Gasteiger partial charge in [-0.1, -0.05) is 48.9 Å². The van der Waals surface area contributed by atoms with Gasteiger partial charge in [0.05, 0.1) is 0 Å². The van der Waals surface area contributed by atoms with E-state index in [0.29, 0.717) is 5.92 Å². The molecule has 2 N–H and O–H groups in total. The van der Waals surface area contributed by atoms with Crippen LogP contribution in [0.2, 0.25) is 0 Å². The highest BCUT2D eigenvalue weighted by Gasteiger charge is 2.22. The number of hydrogen-bond acceptors (Lipinski definition) is 1. The Morgan fingerprint density at radius 2 is 1.94 bits per heavy atom. The van der Waals surface area contributed by atoms with Crippen LogP contribution in [0.1, 0.15) is 50.5 Å². The molecule has 0 radical (unpaired) electrons. The van der Waals surface area contributed by atoms with Crippen molar-refractivity contribution in [2.24, 2.45) is 5.73 Å². The highest BCUT2D eigenvalue weighted by Crippen LogP contribution is 2.30. The van der Waals surface area contributed by atoms with Gasteiger partial charge in [-0.05, 0) is 37.7 Å². The summed E-state index contributed by atoms with van der Waals surface area (Å²) in [4.78, 5) is 0. The number of rotatable bonds is 4. The SMILES string of the molecule is CCC(c1ccccc1)C(N)C1=CCCCC1. The van der Waals surface area contributed by atoms with Crippen molar-refractivity contribution < 1.29 is 0 Å². The molecule has 1 heteroatoms. The molecular formula is C16H23N. The van der Waals surface area contributed by atoms with E-state index in [-0.39, 0.29) is 6.04 Å². The van der Waals surface area contributed by atoms with Crippen molar-refractivity contribution in [3.63, 3.8) is 0 Å². The summed E-state index contributed by atoms with van der Waals surface area (Å²) in [6.45, 7) is 2.24. The third kappa shape index (κ3) is 2.98. The highest BCUT2D eigenvalue weighted by atomic mass is 14.7. The van der Waals surface area contributed by atoms with Gasteiger partial charge < -0.3 is 5.73 Å². The van der Waals surface area contributed by atoms with E-state index in [4.69, 9.17) is 5.73 Å². The van der Waals surface area contributed by atoms with Crippen molar-refractivity contribution in [2.45, 2.75) is 51.0 Å². The first kappa shape index (κ1) is 12.4. The van der Waals surface area contributed by atoms with Crippen LogP contribution in [0.25, 0.3) is 0 Å². The van der Waals surface area contributed by atoms with E-state index in [9.17, 15) is 0 Å². The molecule has 17 heavy (non-hydrogen) atoms. The molecule has 1 nitrogen and oxygen atoms in total. The second-order valence-electron chi connectivity index (χ2n) is 4.98. The predicted molar refractivity (Wildman–Crippen MR) is 74.0 cm³/mol. The third-order valence-electron chi connectivity index (χ3n) is 3.86. The van der Waals surface area contributed by atoms with Crippen molar-refractivity contribution in [2.75, 3.05) is 0 Å². The molecule has 1 aromatic rings. The molecule has 0 aromatic heterocycles. The fourth-order valence-electron chi connectivity index (χ4n) is 2.82. The highest BCUT2D eigenvalue weighted by molar-refractivity contribution is 5.26. The minimum Gasteiger partial charge on any atom is -0.324 e. The van der Waals surface area contributed by atoms with Crippen LogP contribution in [0.4, 0.5) is 0 Å². The summed E-state index contributed by atoms with van der Waals surface area (Å²) < 4.78 is 0. The Labute approximate surface area is 105 Å². The zero-order valence-corrected chi connectivity index (χ0v) is 10.7. The minimum atomic E-state index is 0.211. The molecule has 0 bridgehead atoms. The van der Waals surface area contributed by atoms with E-state index in [0.717, 1.165) is 6.42 Å². The molecule has 0 aliphatic heterocycles. The molecule has 0 fully saturated rings. The van der Waals surface area contributed by atoms with E-state index >= 15 is 0 Å². The summed E-state index contributed by atoms with van der Waals surface area (Å²) in [6, 6.07) is 10.9. The fraction of sp³-hybridized carbons (Fsp3) is 0.500. The first-order valence-electron chi connectivity index (χ1n) is 6.82. The van der Waals surface area contributed by atoms with Crippen LogP contribution in [0, 0.1) is 0 Å². The molecule has 92 valence electrons. The van der Waals surface area contributed by atoms with Crippen molar-refractivity contribution in [1.82, 2.24) is 0 Å². The molecule has 2 unspecified atom stereocenters. The summed E-state index contributed by atoms with van der Waals surface area (Å²) in [5.41, 5.74) is 9.33. The van der Waals surface area contributed by atoms with Crippen LogP contribution in [0.15, 0.2) is 42.0 Å². The smallest absolute Gasteiger partial charge is 0.0323 e. The second kappa shape index (κ2) is 6.02. The van der Waals surface area contributed by atoms with Crippen LogP contribution >= 0.6 is 0 Å². The van der Waals surface area contributed by atoms with Gasteiger partial charge in [-0.25, -0.2) is 0 Å². The summed E-state index contributed by atoms with van der Waals surface area (Å²) in [7, 11) is 0. The van der Waals surface area contributed by atoms with Gasteiger partial charge in [0.25, 0.3) is 0 Å². The Bertz CT molecular complexity index is 366. The minimum absolute atomic E-state index is 0.211. The van der Waals surface area contributed by atoms with Crippen molar-refractivity contribution in [3.05, 3.63) is 47.5 Å². The summed E-state index contributed by atoms with van der Waals surface area (Å²) in [6.07, 6.45) is 8.55. The van der Waals surface area contributed by atoms with Crippen LogP contribution in [-0.2, 0) is 0 Å². The van der Waals surface area contributed by atoms with Gasteiger partial charge in [-0.15, -0.1) is 0 Å². The molecule has 1 aliphatic carbocycles. The van der Waals surface area contributed by atoms with Crippen LogP contribution in [0.3, 0.4) is 0 Å².